The fourth-order valence-corrected chi connectivity index (χ4v) is 2.42. The summed E-state index contributed by atoms with van der Waals surface area (Å²) in [5.41, 5.74) is 2.22. The Bertz CT molecular complexity index is 509. The van der Waals surface area contributed by atoms with E-state index in [-0.39, 0.29) is 0 Å². The van der Waals surface area contributed by atoms with Gasteiger partial charge in [-0.15, -0.1) is 11.6 Å². The standard InChI is InChI=1S/C14H19ClN2O/c1-11(10-18-2)9-17-13-6-4-3-5-12(13)16-14(17)7-8-15/h3-6,11H,7-10H2,1-2H3. The Labute approximate surface area is 113 Å². The van der Waals surface area contributed by atoms with Gasteiger partial charge in [0, 0.05) is 26.0 Å². The summed E-state index contributed by atoms with van der Waals surface area (Å²) < 4.78 is 7.47. The molecule has 1 aromatic heterocycles. The minimum absolute atomic E-state index is 0.460. The van der Waals surface area contributed by atoms with Gasteiger partial charge < -0.3 is 9.30 Å². The Kier molecular flexibility index (Phi) is 4.61. The van der Waals surface area contributed by atoms with E-state index in [1.54, 1.807) is 7.11 Å². The van der Waals surface area contributed by atoms with Crippen LogP contribution in [0, 0.1) is 5.92 Å². The topological polar surface area (TPSA) is 27.1 Å². The van der Waals surface area contributed by atoms with Gasteiger partial charge in [-0.1, -0.05) is 19.1 Å². The van der Waals surface area contributed by atoms with Crippen molar-refractivity contribution in [2.45, 2.75) is 19.9 Å². The van der Waals surface area contributed by atoms with E-state index >= 15 is 0 Å². The maximum atomic E-state index is 5.86. The third-order valence-electron chi connectivity index (χ3n) is 3.00. The number of benzene rings is 1. The van der Waals surface area contributed by atoms with E-state index in [9.17, 15) is 0 Å². The Morgan fingerprint density at radius 2 is 2.17 bits per heavy atom. The molecule has 1 unspecified atom stereocenters. The summed E-state index contributed by atoms with van der Waals surface area (Å²) in [6.45, 7) is 3.86. The number of fused-ring (bicyclic) bond motifs is 1. The zero-order valence-corrected chi connectivity index (χ0v) is 11.7. The van der Waals surface area contributed by atoms with Crippen molar-refractivity contribution in [3.8, 4) is 0 Å². The van der Waals surface area contributed by atoms with Crippen LogP contribution in [0.4, 0.5) is 0 Å². The number of hydrogen-bond donors (Lipinski definition) is 0. The van der Waals surface area contributed by atoms with E-state index in [0.29, 0.717) is 11.8 Å². The smallest absolute Gasteiger partial charge is 0.111 e. The van der Waals surface area contributed by atoms with Crippen LogP contribution in [-0.2, 0) is 17.7 Å². The van der Waals surface area contributed by atoms with Gasteiger partial charge in [-0.05, 0) is 18.1 Å². The summed E-state index contributed by atoms with van der Waals surface area (Å²) in [5, 5.41) is 0. The highest BCUT2D eigenvalue weighted by Crippen LogP contribution is 2.18. The number of nitrogens with zero attached hydrogens (tertiary/aromatic N) is 2. The molecule has 0 radical (unpaired) electrons. The summed E-state index contributed by atoms with van der Waals surface area (Å²) in [6, 6.07) is 8.22. The van der Waals surface area contributed by atoms with E-state index in [1.165, 1.54) is 5.52 Å². The summed E-state index contributed by atoms with van der Waals surface area (Å²) in [4.78, 5) is 4.65. The number of aryl methyl sites for hydroxylation is 1. The van der Waals surface area contributed by atoms with Crippen LogP contribution in [0.1, 0.15) is 12.7 Å². The molecule has 18 heavy (non-hydrogen) atoms. The first-order valence-electron chi connectivity index (χ1n) is 6.25. The highest BCUT2D eigenvalue weighted by molar-refractivity contribution is 6.17. The first-order valence-corrected chi connectivity index (χ1v) is 6.78. The molecule has 0 saturated carbocycles. The van der Waals surface area contributed by atoms with E-state index in [2.05, 4.69) is 22.5 Å². The van der Waals surface area contributed by atoms with E-state index < -0.39 is 0 Å². The molecule has 1 heterocycles. The number of rotatable bonds is 6. The number of aromatic nitrogens is 2. The Morgan fingerprint density at radius 3 is 2.89 bits per heavy atom. The molecule has 1 atom stereocenters. The second kappa shape index (κ2) is 6.21. The molecule has 2 aromatic rings. The fourth-order valence-electron chi connectivity index (χ4n) is 2.25. The van der Waals surface area contributed by atoms with Crippen LogP contribution in [0.5, 0.6) is 0 Å². The van der Waals surface area contributed by atoms with Gasteiger partial charge in [0.15, 0.2) is 0 Å². The third kappa shape index (κ3) is 2.85. The van der Waals surface area contributed by atoms with Crippen LogP contribution in [0.3, 0.4) is 0 Å². The van der Waals surface area contributed by atoms with Gasteiger partial charge in [0.2, 0.25) is 0 Å². The molecule has 3 nitrogen and oxygen atoms in total. The van der Waals surface area contributed by atoms with Gasteiger partial charge in [0.05, 0.1) is 17.6 Å². The van der Waals surface area contributed by atoms with Gasteiger partial charge in [-0.3, -0.25) is 0 Å². The maximum Gasteiger partial charge on any atom is 0.111 e. The number of hydrogen-bond acceptors (Lipinski definition) is 2. The lowest BCUT2D eigenvalue weighted by molar-refractivity contribution is 0.151. The lowest BCUT2D eigenvalue weighted by atomic mass is 10.2. The molecule has 0 spiro atoms. The van der Waals surface area contributed by atoms with Crippen LogP contribution >= 0.6 is 11.6 Å². The highest BCUT2D eigenvalue weighted by atomic mass is 35.5. The van der Waals surface area contributed by atoms with E-state index in [4.69, 9.17) is 16.3 Å². The van der Waals surface area contributed by atoms with Crippen molar-refractivity contribution in [1.82, 2.24) is 9.55 Å². The highest BCUT2D eigenvalue weighted by Gasteiger charge is 2.12. The number of imidazole rings is 1. The summed E-state index contributed by atoms with van der Waals surface area (Å²) in [5.74, 6) is 2.12. The Morgan fingerprint density at radius 1 is 1.39 bits per heavy atom. The lowest BCUT2D eigenvalue weighted by Gasteiger charge is -2.14. The van der Waals surface area contributed by atoms with Crippen LogP contribution in [0.15, 0.2) is 24.3 Å². The molecule has 0 amide bonds. The van der Waals surface area contributed by atoms with Gasteiger partial charge in [-0.2, -0.15) is 0 Å². The van der Waals surface area contributed by atoms with Gasteiger partial charge in [0.1, 0.15) is 5.82 Å². The molecule has 0 saturated heterocycles. The average molecular weight is 267 g/mol. The minimum Gasteiger partial charge on any atom is -0.384 e. The lowest BCUT2D eigenvalue weighted by Crippen LogP contribution is -2.15. The normalized spacial score (nSPS) is 13.1. The molecule has 0 bridgehead atoms. The predicted molar refractivity (Wildman–Crippen MR) is 75.2 cm³/mol. The largest absolute Gasteiger partial charge is 0.384 e. The summed E-state index contributed by atoms with van der Waals surface area (Å²) >= 11 is 5.86. The van der Waals surface area contributed by atoms with Crippen molar-refractivity contribution in [3.05, 3.63) is 30.1 Å². The van der Waals surface area contributed by atoms with Gasteiger partial charge >= 0.3 is 0 Å². The SMILES string of the molecule is COCC(C)Cn1c(CCCl)nc2ccccc21. The zero-order valence-electron chi connectivity index (χ0n) is 10.9. The van der Waals surface area contributed by atoms with Crippen LogP contribution in [0.2, 0.25) is 0 Å². The average Bonchev–Trinajstić information content (AvgIpc) is 2.69. The van der Waals surface area contributed by atoms with E-state index in [0.717, 1.165) is 30.9 Å². The second-order valence-corrected chi connectivity index (χ2v) is 5.00. The summed E-state index contributed by atoms with van der Waals surface area (Å²) in [6.07, 6.45) is 0.802. The van der Waals surface area contributed by atoms with Crippen molar-refractivity contribution < 1.29 is 4.74 Å². The zero-order chi connectivity index (χ0) is 13.0. The molecule has 0 aliphatic carbocycles. The molecule has 0 N–H and O–H groups in total. The maximum absolute atomic E-state index is 5.86. The van der Waals surface area contributed by atoms with Crippen molar-refractivity contribution in [2.24, 2.45) is 5.92 Å². The van der Waals surface area contributed by atoms with Gasteiger partial charge in [0.25, 0.3) is 0 Å². The molecule has 2 rings (SSSR count). The minimum atomic E-state index is 0.460. The van der Waals surface area contributed by atoms with Crippen molar-refractivity contribution in [3.63, 3.8) is 0 Å². The monoisotopic (exact) mass is 266 g/mol. The quantitative estimate of drug-likeness (QED) is 0.752. The summed E-state index contributed by atoms with van der Waals surface area (Å²) in [7, 11) is 1.74. The Hall–Kier alpha value is -1.06. The van der Waals surface area contributed by atoms with Gasteiger partial charge in [-0.25, -0.2) is 4.98 Å². The molecule has 0 fully saturated rings. The number of halogens is 1. The Balaban J connectivity index is 2.35. The second-order valence-electron chi connectivity index (χ2n) is 4.63. The molecular weight excluding hydrogens is 248 g/mol. The third-order valence-corrected chi connectivity index (χ3v) is 3.19. The molecule has 98 valence electrons. The van der Waals surface area contributed by atoms with E-state index in [1.807, 2.05) is 18.2 Å². The number of methoxy groups -OCH3 is 1. The first-order chi connectivity index (χ1) is 8.76. The number of para-hydroxylation sites is 2. The van der Waals surface area contributed by atoms with Crippen molar-refractivity contribution >= 4 is 22.6 Å². The molecule has 1 aromatic carbocycles. The molecule has 0 aliphatic rings. The van der Waals surface area contributed by atoms with Crippen LogP contribution in [-0.4, -0.2) is 29.1 Å². The van der Waals surface area contributed by atoms with Crippen molar-refractivity contribution in [1.29, 1.82) is 0 Å². The van der Waals surface area contributed by atoms with Crippen molar-refractivity contribution in [2.75, 3.05) is 19.6 Å². The molecule has 0 aliphatic heterocycles. The molecular formula is C14H19ClN2O. The number of alkyl halides is 1. The van der Waals surface area contributed by atoms with Crippen LogP contribution in [0.25, 0.3) is 11.0 Å². The van der Waals surface area contributed by atoms with Crippen LogP contribution < -0.4 is 0 Å². The molecule has 4 heteroatoms. The fraction of sp³-hybridized carbons (Fsp3) is 0.500. The number of ether oxygens (including phenoxy) is 1. The first kappa shape index (κ1) is 13.4. The predicted octanol–water partition coefficient (Wildman–Crippen LogP) is 3.10.